The van der Waals surface area contributed by atoms with E-state index in [1.165, 1.54) is 36.7 Å². The average molecular weight is 383 g/mol. The summed E-state index contributed by atoms with van der Waals surface area (Å²) in [5.41, 5.74) is 0.311. The van der Waals surface area contributed by atoms with E-state index in [0.29, 0.717) is 11.5 Å². The fourth-order valence-corrected chi connectivity index (χ4v) is 2.38. The minimum absolute atomic E-state index is 0.155. The number of rotatable bonds is 4. The number of ether oxygens (including phenoxy) is 2. The first-order valence-electron chi connectivity index (χ1n) is 7.16. The lowest BCUT2D eigenvalue weighted by molar-refractivity contribution is 0.418. The van der Waals surface area contributed by atoms with Gasteiger partial charge in [-0.15, -0.1) is 0 Å². The molecule has 1 aromatic carbocycles. The Kier molecular flexibility index (Phi) is 5.19. The Morgan fingerprint density at radius 3 is 1.50 bits per heavy atom. The molecule has 3 rings (SSSR count). The van der Waals surface area contributed by atoms with Gasteiger partial charge in [-0.3, -0.25) is 0 Å². The second-order valence-electron chi connectivity index (χ2n) is 4.90. The van der Waals surface area contributed by atoms with E-state index in [-0.39, 0.29) is 32.9 Å². The monoisotopic (exact) mass is 382 g/mol. The first-order chi connectivity index (χ1) is 12.6. The van der Waals surface area contributed by atoms with Crippen molar-refractivity contribution < 1.29 is 9.47 Å². The number of benzene rings is 1. The van der Waals surface area contributed by atoms with Crippen LogP contribution in [-0.4, -0.2) is 9.97 Å². The van der Waals surface area contributed by atoms with E-state index in [0.717, 1.165) is 0 Å². The summed E-state index contributed by atoms with van der Waals surface area (Å²) in [4.78, 5) is 7.76. The Bertz CT molecular complexity index is 973. The van der Waals surface area contributed by atoms with Crippen LogP contribution in [0, 0.1) is 22.7 Å². The van der Waals surface area contributed by atoms with Gasteiger partial charge in [0.25, 0.3) is 0 Å². The van der Waals surface area contributed by atoms with Crippen LogP contribution < -0.4 is 9.47 Å². The molecule has 126 valence electrons. The summed E-state index contributed by atoms with van der Waals surface area (Å²) < 4.78 is 11.6. The first-order valence-corrected chi connectivity index (χ1v) is 7.91. The van der Waals surface area contributed by atoms with Crippen molar-refractivity contribution in [3.8, 4) is 35.1 Å². The topological polar surface area (TPSA) is 91.8 Å². The number of hydrogen-bond acceptors (Lipinski definition) is 6. The fourth-order valence-electron chi connectivity index (χ4n) is 2.05. The van der Waals surface area contributed by atoms with Gasteiger partial charge >= 0.3 is 0 Å². The molecule has 0 radical (unpaired) electrons. The van der Waals surface area contributed by atoms with E-state index in [1.807, 2.05) is 12.1 Å². The maximum Gasteiger partial charge on any atom is 0.171 e. The van der Waals surface area contributed by atoms with Gasteiger partial charge in [-0.25, -0.2) is 9.97 Å². The summed E-state index contributed by atoms with van der Waals surface area (Å²) in [5, 5.41) is 19.0. The van der Waals surface area contributed by atoms with Crippen LogP contribution >= 0.6 is 23.2 Å². The fraction of sp³-hybridized carbons (Fsp3) is 0. The van der Waals surface area contributed by atoms with Crippen LogP contribution in [0.1, 0.15) is 11.1 Å². The molecule has 6 nitrogen and oxygen atoms in total. The van der Waals surface area contributed by atoms with Crippen molar-refractivity contribution in [2.45, 2.75) is 0 Å². The molecule has 0 aliphatic heterocycles. The third-order valence-corrected chi connectivity index (χ3v) is 3.59. The van der Waals surface area contributed by atoms with Crippen LogP contribution in [0.25, 0.3) is 0 Å². The van der Waals surface area contributed by atoms with Gasteiger partial charge < -0.3 is 9.47 Å². The third-order valence-electron chi connectivity index (χ3n) is 3.18. The molecule has 0 aliphatic carbocycles. The molecule has 0 saturated carbocycles. The van der Waals surface area contributed by atoms with Gasteiger partial charge in [0, 0.05) is 36.7 Å². The lowest BCUT2D eigenvalue weighted by Gasteiger charge is -2.13. The number of nitrogens with zero attached hydrogens (tertiary/aromatic N) is 4. The largest absolute Gasteiger partial charge is 0.453 e. The molecular formula is C18H8Cl2N4O2. The van der Waals surface area contributed by atoms with E-state index in [4.69, 9.17) is 32.7 Å². The lowest BCUT2D eigenvalue weighted by atomic mass is 10.1. The van der Waals surface area contributed by atoms with Gasteiger partial charge in [0.15, 0.2) is 11.5 Å². The Morgan fingerprint density at radius 1 is 0.731 bits per heavy atom. The summed E-state index contributed by atoms with van der Waals surface area (Å²) in [6, 6.07) is 13.0. The molecule has 0 atom stereocenters. The molecule has 0 saturated heterocycles. The predicted octanol–water partition coefficient (Wildman–Crippen LogP) is 5.11. The average Bonchev–Trinajstić information content (AvgIpc) is 2.62. The molecule has 8 heteroatoms. The highest BCUT2D eigenvalue weighted by Gasteiger charge is 2.15. The standard InChI is InChI=1S/C18H8Cl2N4O2/c19-17-7-13(1-3-23-17)25-15-5-11(9-21)12(10-22)6-16(15)26-14-2-4-24-18(20)8-14/h1-8H. The Balaban J connectivity index is 2.05. The number of pyridine rings is 2. The maximum absolute atomic E-state index is 9.25. The van der Waals surface area contributed by atoms with Gasteiger partial charge in [-0.2, -0.15) is 10.5 Å². The third kappa shape index (κ3) is 4.01. The van der Waals surface area contributed by atoms with Gasteiger partial charge in [0.2, 0.25) is 0 Å². The lowest BCUT2D eigenvalue weighted by Crippen LogP contribution is -1.95. The molecule has 0 unspecified atom stereocenters. The summed E-state index contributed by atoms with van der Waals surface area (Å²) in [6.45, 7) is 0. The smallest absolute Gasteiger partial charge is 0.171 e. The van der Waals surface area contributed by atoms with E-state index in [2.05, 4.69) is 9.97 Å². The second kappa shape index (κ2) is 7.71. The zero-order valence-corrected chi connectivity index (χ0v) is 14.5. The number of hydrogen-bond donors (Lipinski definition) is 0. The summed E-state index contributed by atoms with van der Waals surface area (Å²) in [7, 11) is 0. The highest BCUT2D eigenvalue weighted by molar-refractivity contribution is 6.29. The number of aromatic nitrogens is 2. The quantitative estimate of drug-likeness (QED) is 0.582. The molecule has 0 bridgehead atoms. The SMILES string of the molecule is N#Cc1cc(Oc2ccnc(Cl)c2)c(Oc2ccnc(Cl)c2)cc1C#N. The van der Waals surface area contributed by atoms with E-state index in [9.17, 15) is 10.5 Å². The molecular weight excluding hydrogens is 375 g/mol. The summed E-state index contributed by atoms with van der Waals surface area (Å²) in [6.07, 6.45) is 2.96. The predicted molar refractivity (Wildman–Crippen MR) is 94.5 cm³/mol. The van der Waals surface area contributed by atoms with Crippen LogP contribution in [0.4, 0.5) is 0 Å². The van der Waals surface area contributed by atoms with E-state index < -0.39 is 0 Å². The van der Waals surface area contributed by atoms with Crippen molar-refractivity contribution >= 4 is 23.2 Å². The minimum Gasteiger partial charge on any atom is -0.453 e. The van der Waals surface area contributed by atoms with Gasteiger partial charge in [0.1, 0.15) is 33.9 Å². The van der Waals surface area contributed by atoms with E-state index in [1.54, 1.807) is 12.1 Å². The summed E-state index contributed by atoms with van der Waals surface area (Å²) >= 11 is 11.7. The van der Waals surface area contributed by atoms with Crippen molar-refractivity contribution in [1.82, 2.24) is 9.97 Å². The normalized spacial score (nSPS) is 9.85. The van der Waals surface area contributed by atoms with Crippen LogP contribution in [-0.2, 0) is 0 Å². The van der Waals surface area contributed by atoms with Gasteiger partial charge in [-0.05, 0) is 12.1 Å². The molecule has 26 heavy (non-hydrogen) atoms. The molecule has 2 aromatic heterocycles. The van der Waals surface area contributed by atoms with Crippen molar-refractivity contribution in [3.63, 3.8) is 0 Å². The maximum atomic E-state index is 9.25. The molecule has 0 aliphatic rings. The Morgan fingerprint density at radius 2 is 1.15 bits per heavy atom. The molecule has 2 heterocycles. The molecule has 0 amide bonds. The van der Waals surface area contributed by atoms with Crippen LogP contribution in [0.5, 0.6) is 23.0 Å². The van der Waals surface area contributed by atoms with Crippen molar-refractivity contribution in [3.05, 3.63) is 70.2 Å². The van der Waals surface area contributed by atoms with Crippen LogP contribution in [0.3, 0.4) is 0 Å². The van der Waals surface area contributed by atoms with Crippen molar-refractivity contribution in [1.29, 1.82) is 10.5 Å². The van der Waals surface area contributed by atoms with Crippen molar-refractivity contribution in [2.75, 3.05) is 0 Å². The molecule has 0 fully saturated rings. The van der Waals surface area contributed by atoms with Gasteiger partial charge in [0.05, 0.1) is 11.1 Å². The van der Waals surface area contributed by atoms with E-state index >= 15 is 0 Å². The van der Waals surface area contributed by atoms with Crippen LogP contribution in [0.2, 0.25) is 10.3 Å². The second-order valence-corrected chi connectivity index (χ2v) is 5.68. The Labute approximate surface area is 158 Å². The molecule has 3 aromatic rings. The number of halogens is 2. The first kappa shape index (κ1) is 17.5. The highest BCUT2D eigenvalue weighted by Crippen LogP contribution is 2.37. The molecule has 0 N–H and O–H groups in total. The Hall–Kier alpha value is -3.32. The zero-order valence-electron chi connectivity index (χ0n) is 13.0. The van der Waals surface area contributed by atoms with Crippen molar-refractivity contribution in [2.24, 2.45) is 0 Å². The van der Waals surface area contributed by atoms with Gasteiger partial charge in [-0.1, -0.05) is 23.2 Å². The summed E-state index contributed by atoms with van der Waals surface area (Å²) in [5.74, 6) is 1.26. The molecule has 0 spiro atoms. The zero-order chi connectivity index (χ0) is 18.5. The highest BCUT2D eigenvalue weighted by atomic mass is 35.5. The minimum atomic E-state index is 0.155. The van der Waals surface area contributed by atoms with Crippen LogP contribution in [0.15, 0.2) is 48.8 Å². The number of nitriles is 2.